The second kappa shape index (κ2) is 9.12. The minimum atomic E-state index is 0.102. The minimum Gasteiger partial charge on any atom is -0.399 e. The summed E-state index contributed by atoms with van der Waals surface area (Å²) in [5, 5.41) is 3.92. The summed E-state index contributed by atoms with van der Waals surface area (Å²) in [4.78, 5) is 24.3. The largest absolute Gasteiger partial charge is 0.399 e. The lowest BCUT2D eigenvalue weighted by molar-refractivity contribution is 0.0974. The van der Waals surface area contributed by atoms with Crippen molar-refractivity contribution in [2.75, 3.05) is 43.2 Å². The summed E-state index contributed by atoms with van der Waals surface area (Å²) in [6.07, 6.45) is 6.91. The Morgan fingerprint density at radius 2 is 2.06 bits per heavy atom. The van der Waals surface area contributed by atoms with Crippen LogP contribution in [0.4, 0.5) is 11.5 Å². The van der Waals surface area contributed by atoms with Crippen molar-refractivity contribution < 1.29 is 9.57 Å². The fourth-order valence-electron chi connectivity index (χ4n) is 6.18. The molecule has 36 heavy (non-hydrogen) atoms. The van der Waals surface area contributed by atoms with Gasteiger partial charge in [-0.15, -0.1) is 0 Å². The van der Waals surface area contributed by atoms with Gasteiger partial charge >= 0.3 is 0 Å². The van der Waals surface area contributed by atoms with Gasteiger partial charge in [0, 0.05) is 36.8 Å². The van der Waals surface area contributed by atoms with E-state index in [4.69, 9.17) is 30.3 Å². The van der Waals surface area contributed by atoms with Crippen LogP contribution in [0.5, 0.6) is 0 Å². The predicted molar refractivity (Wildman–Crippen MR) is 141 cm³/mol. The van der Waals surface area contributed by atoms with Gasteiger partial charge in [-0.2, -0.15) is 0 Å². The van der Waals surface area contributed by atoms with Gasteiger partial charge in [0.05, 0.1) is 37.4 Å². The molecule has 2 aromatic rings. The van der Waals surface area contributed by atoms with E-state index in [1.807, 2.05) is 6.20 Å². The zero-order valence-electron chi connectivity index (χ0n) is 21.4. The van der Waals surface area contributed by atoms with E-state index >= 15 is 0 Å². The Kier molecular flexibility index (Phi) is 5.92. The zero-order valence-corrected chi connectivity index (χ0v) is 21.4. The molecule has 0 unspecified atom stereocenters. The number of fused-ring (bicyclic) bond motifs is 2. The van der Waals surface area contributed by atoms with Gasteiger partial charge in [0.25, 0.3) is 0 Å². The second-order valence-corrected chi connectivity index (χ2v) is 10.6. The van der Waals surface area contributed by atoms with Crippen LogP contribution in [0.1, 0.15) is 61.5 Å². The molecule has 4 aliphatic heterocycles. The van der Waals surface area contributed by atoms with Crippen LogP contribution in [0.15, 0.2) is 34.5 Å². The molecule has 0 saturated carbocycles. The summed E-state index contributed by atoms with van der Waals surface area (Å²) in [5.74, 6) is 2.33. The number of oxime groups is 1. The average molecular weight is 490 g/mol. The lowest BCUT2D eigenvalue weighted by Crippen LogP contribution is -2.50. The normalized spacial score (nSPS) is 26.9. The van der Waals surface area contributed by atoms with Gasteiger partial charge in [-0.1, -0.05) is 18.1 Å². The van der Waals surface area contributed by atoms with Crippen molar-refractivity contribution in [3.05, 3.63) is 46.9 Å². The highest BCUT2D eigenvalue weighted by Crippen LogP contribution is 2.42. The van der Waals surface area contributed by atoms with Crippen LogP contribution in [0.2, 0.25) is 0 Å². The number of amidine groups is 1. The van der Waals surface area contributed by atoms with Crippen LogP contribution in [-0.4, -0.2) is 67.5 Å². The Morgan fingerprint density at radius 1 is 1.22 bits per heavy atom. The number of anilines is 2. The number of aliphatic imine (C=N–C) groups is 1. The van der Waals surface area contributed by atoms with Crippen molar-refractivity contribution in [2.45, 2.75) is 57.7 Å². The van der Waals surface area contributed by atoms with Crippen molar-refractivity contribution in [3.63, 3.8) is 0 Å². The quantitative estimate of drug-likeness (QED) is 0.522. The van der Waals surface area contributed by atoms with Gasteiger partial charge in [-0.25, -0.2) is 9.97 Å². The molecule has 0 amide bonds. The Labute approximate surface area is 212 Å². The highest BCUT2D eigenvalue weighted by molar-refractivity contribution is 6.11. The third-order valence-electron chi connectivity index (χ3n) is 8.57. The maximum absolute atomic E-state index is 6.50. The Bertz CT molecular complexity index is 1200. The number of piperidine rings is 1. The smallest absolute Gasteiger partial charge is 0.156 e. The molecule has 0 aliphatic carbocycles. The van der Waals surface area contributed by atoms with Crippen LogP contribution in [0, 0.1) is 5.41 Å². The van der Waals surface area contributed by atoms with E-state index < -0.39 is 0 Å². The topological polar surface area (TPSA) is 101 Å². The van der Waals surface area contributed by atoms with Crippen LogP contribution in [0.25, 0.3) is 0 Å². The molecular weight excluding hydrogens is 454 g/mol. The molecule has 5 heterocycles. The van der Waals surface area contributed by atoms with E-state index in [1.165, 1.54) is 11.3 Å². The summed E-state index contributed by atoms with van der Waals surface area (Å²) in [6.45, 7) is 8.47. The van der Waals surface area contributed by atoms with Crippen molar-refractivity contribution in [3.8, 4) is 0 Å². The average Bonchev–Trinajstić information content (AvgIpc) is 3.45. The summed E-state index contributed by atoms with van der Waals surface area (Å²) < 4.78 is 5.88. The van der Waals surface area contributed by atoms with Gasteiger partial charge in [0.2, 0.25) is 0 Å². The van der Waals surface area contributed by atoms with E-state index in [9.17, 15) is 0 Å². The monoisotopic (exact) mass is 489 g/mol. The molecule has 6 rings (SSSR count). The number of hydrogen-bond donors (Lipinski definition) is 1. The predicted octanol–water partition coefficient (Wildman–Crippen LogP) is 3.06. The van der Waals surface area contributed by atoms with Gasteiger partial charge in [-0.05, 0) is 55.4 Å². The van der Waals surface area contributed by atoms with Crippen molar-refractivity contribution in [2.24, 2.45) is 21.3 Å². The van der Waals surface area contributed by atoms with E-state index in [0.29, 0.717) is 12.5 Å². The number of rotatable bonds is 3. The molecule has 1 aromatic carbocycles. The van der Waals surface area contributed by atoms with E-state index in [0.717, 1.165) is 74.1 Å². The first-order valence-electron chi connectivity index (χ1n) is 13.0. The highest BCUT2D eigenvalue weighted by Gasteiger charge is 2.47. The van der Waals surface area contributed by atoms with Crippen LogP contribution >= 0.6 is 0 Å². The molecule has 2 N–H and O–H groups in total. The molecule has 0 radical (unpaired) electrons. The molecule has 9 heteroatoms. The molecular formula is C27H35N7O2. The number of hydrogen-bond acceptors (Lipinski definition) is 9. The van der Waals surface area contributed by atoms with Crippen LogP contribution < -0.4 is 15.5 Å². The van der Waals surface area contributed by atoms with E-state index in [1.54, 1.807) is 13.3 Å². The van der Waals surface area contributed by atoms with E-state index in [-0.39, 0.29) is 17.6 Å². The molecule has 2 fully saturated rings. The number of ether oxygens (including phenoxy) is 1. The fourth-order valence-corrected chi connectivity index (χ4v) is 6.18. The highest BCUT2D eigenvalue weighted by atomic mass is 16.6. The Balaban J connectivity index is 1.21. The number of aromatic nitrogens is 2. The van der Waals surface area contributed by atoms with Gasteiger partial charge < -0.3 is 25.1 Å². The summed E-state index contributed by atoms with van der Waals surface area (Å²) in [6, 6.07) is 6.54. The first-order valence-corrected chi connectivity index (χ1v) is 13.0. The van der Waals surface area contributed by atoms with Crippen molar-refractivity contribution in [1.29, 1.82) is 0 Å². The molecule has 2 saturated heterocycles. The van der Waals surface area contributed by atoms with Gasteiger partial charge in [0.15, 0.2) is 5.84 Å². The first-order chi connectivity index (χ1) is 17.5. The summed E-state index contributed by atoms with van der Waals surface area (Å²) >= 11 is 0. The third kappa shape index (κ3) is 3.85. The third-order valence-corrected chi connectivity index (χ3v) is 8.57. The van der Waals surface area contributed by atoms with Crippen LogP contribution in [-0.2, 0) is 16.1 Å². The lowest BCUT2D eigenvalue weighted by atomic mass is 9.73. The van der Waals surface area contributed by atoms with Crippen molar-refractivity contribution in [1.82, 2.24) is 9.97 Å². The first kappa shape index (κ1) is 23.4. The number of nitrogens with zero attached hydrogens (tertiary/aromatic N) is 6. The molecule has 3 atom stereocenters. The molecule has 4 aliphatic rings. The van der Waals surface area contributed by atoms with Crippen LogP contribution in [0.3, 0.4) is 0 Å². The lowest BCUT2D eigenvalue weighted by Gasteiger charge is -2.41. The zero-order chi connectivity index (χ0) is 24.9. The number of nitrogens with two attached hydrogens (primary N) is 1. The fraction of sp³-hybridized carbons (Fsp3) is 0.556. The molecule has 0 bridgehead atoms. The SMILES string of the molecule is CO/N=C/c1ccc2c(c1)[C@@H](C)CCN2C1=NCc2nc(N3CCC4(CC3)CO[C@@H](C)[C@H]4N)cnc21. The summed E-state index contributed by atoms with van der Waals surface area (Å²) in [5.41, 5.74) is 12.0. The maximum Gasteiger partial charge on any atom is 0.156 e. The Morgan fingerprint density at radius 3 is 2.81 bits per heavy atom. The molecule has 1 spiro atoms. The van der Waals surface area contributed by atoms with Gasteiger partial charge in [0.1, 0.15) is 18.6 Å². The van der Waals surface area contributed by atoms with E-state index in [2.05, 4.69) is 47.0 Å². The maximum atomic E-state index is 6.50. The van der Waals surface area contributed by atoms with Crippen molar-refractivity contribution >= 4 is 23.6 Å². The number of benzene rings is 1. The molecule has 190 valence electrons. The molecule has 1 aromatic heterocycles. The Hall–Kier alpha value is -3.04. The molecule has 9 nitrogen and oxygen atoms in total. The minimum absolute atomic E-state index is 0.102. The standard InChI is InChI=1S/C27H35N7O2/c1-17-6-9-34(22-5-4-19(12-20(17)22)13-31-35-3)26-24-21(14-30-26)32-23(15-29-24)33-10-7-27(8-11-33)16-36-18(2)25(27)28/h4-5,12-13,15,17-18,25H,6-11,14,16,28H2,1-3H3/b31-13+/t17-,18-,25+/m0/s1. The summed E-state index contributed by atoms with van der Waals surface area (Å²) in [7, 11) is 1.56. The second-order valence-electron chi connectivity index (χ2n) is 10.6. The van der Waals surface area contributed by atoms with Gasteiger partial charge in [-0.3, -0.25) is 4.99 Å².